The largest absolute Gasteiger partial charge is 0.378 e. The van der Waals surface area contributed by atoms with Crippen LogP contribution in [0.4, 0.5) is 0 Å². The first kappa shape index (κ1) is 19.5. The minimum Gasteiger partial charge on any atom is -0.378 e. The molecule has 1 aliphatic carbocycles. The van der Waals surface area contributed by atoms with Crippen molar-refractivity contribution in [2.75, 3.05) is 20.2 Å². The third-order valence-corrected chi connectivity index (χ3v) is 4.36. The molecule has 1 fully saturated rings. The van der Waals surface area contributed by atoms with Crippen molar-refractivity contribution >= 4 is 29.9 Å². The maximum absolute atomic E-state index is 5.87. The summed E-state index contributed by atoms with van der Waals surface area (Å²) in [6.45, 7) is 7.81. The first-order valence-corrected chi connectivity index (χ1v) is 7.20. The first-order chi connectivity index (χ1) is 9.18. The molecule has 20 heavy (non-hydrogen) atoms. The highest BCUT2D eigenvalue weighted by atomic mass is 127. The summed E-state index contributed by atoms with van der Waals surface area (Å²) in [6.07, 6.45) is 8.87. The molecular formula is C15H28IN3O. The van der Waals surface area contributed by atoms with Gasteiger partial charge in [0.15, 0.2) is 5.96 Å². The number of hydrogen-bond donors (Lipinski definition) is 2. The number of nitrogens with one attached hydrogen (secondary N) is 2. The number of ether oxygens (including phenoxy) is 1. The molecule has 0 aliphatic heterocycles. The average Bonchev–Trinajstić information content (AvgIpc) is 2.42. The molecule has 2 unspecified atom stereocenters. The van der Waals surface area contributed by atoms with Crippen LogP contribution in [0, 0.1) is 17.8 Å². The van der Waals surface area contributed by atoms with Gasteiger partial charge in [0.2, 0.25) is 0 Å². The van der Waals surface area contributed by atoms with Crippen LogP contribution in [-0.4, -0.2) is 38.3 Å². The monoisotopic (exact) mass is 393 g/mol. The van der Waals surface area contributed by atoms with E-state index < -0.39 is 0 Å². The number of aliphatic imine (C=N–C) groups is 1. The van der Waals surface area contributed by atoms with E-state index in [1.54, 1.807) is 7.05 Å². The van der Waals surface area contributed by atoms with Gasteiger partial charge in [-0.05, 0) is 26.2 Å². The zero-order valence-electron chi connectivity index (χ0n) is 13.0. The molecule has 0 aromatic carbocycles. The Kier molecular flexibility index (Phi) is 9.23. The highest BCUT2D eigenvalue weighted by Crippen LogP contribution is 2.48. The van der Waals surface area contributed by atoms with Crippen molar-refractivity contribution in [3.8, 4) is 12.3 Å². The summed E-state index contributed by atoms with van der Waals surface area (Å²) in [5, 5.41) is 6.60. The molecule has 2 atom stereocenters. The molecule has 0 radical (unpaired) electrons. The summed E-state index contributed by atoms with van der Waals surface area (Å²) in [5.74, 6) is 3.34. The lowest BCUT2D eigenvalue weighted by molar-refractivity contribution is -0.133. The summed E-state index contributed by atoms with van der Waals surface area (Å²) in [5.41, 5.74) is 0.212. The highest BCUT2D eigenvalue weighted by molar-refractivity contribution is 14.0. The number of rotatable bonds is 6. The van der Waals surface area contributed by atoms with Gasteiger partial charge >= 0.3 is 0 Å². The topological polar surface area (TPSA) is 45.7 Å². The smallest absolute Gasteiger partial charge is 0.191 e. The molecule has 0 saturated heterocycles. The Morgan fingerprint density at radius 2 is 2.05 bits per heavy atom. The summed E-state index contributed by atoms with van der Waals surface area (Å²) >= 11 is 0. The van der Waals surface area contributed by atoms with E-state index in [0.717, 1.165) is 31.8 Å². The van der Waals surface area contributed by atoms with Crippen molar-refractivity contribution in [2.24, 2.45) is 10.4 Å². The van der Waals surface area contributed by atoms with Crippen molar-refractivity contribution in [1.29, 1.82) is 0 Å². The number of nitrogens with zero attached hydrogens (tertiary/aromatic N) is 1. The van der Waals surface area contributed by atoms with Crippen LogP contribution >= 0.6 is 24.0 Å². The SMILES string of the molecule is C#CCNC(=NC)NC1CC(OCC)C1(CC)CC.I. The fraction of sp³-hybridized carbons (Fsp3) is 0.800. The second-order valence-electron chi connectivity index (χ2n) is 4.95. The second kappa shape index (κ2) is 9.46. The van der Waals surface area contributed by atoms with Crippen molar-refractivity contribution in [1.82, 2.24) is 10.6 Å². The van der Waals surface area contributed by atoms with Gasteiger partial charge in [0, 0.05) is 25.1 Å². The predicted octanol–water partition coefficient (Wildman–Crippen LogP) is 2.39. The average molecular weight is 393 g/mol. The molecular weight excluding hydrogens is 365 g/mol. The van der Waals surface area contributed by atoms with Crippen molar-refractivity contribution in [3.63, 3.8) is 0 Å². The van der Waals surface area contributed by atoms with Crippen LogP contribution in [0.5, 0.6) is 0 Å². The predicted molar refractivity (Wildman–Crippen MR) is 95.6 cm³/mol. The minimum absolute atomic E-state index is 0. The number of halogens is 1. The number of terminal acetylenes is 1. The van der Waals surface area contributed by atoms with Crippen LogP contribution in [0.2, 0.25) is 0 Å². The Hall–Kier alpha value is -0.480. The van der Waals surface area contributed by atoms with Gasteiger partial charge < -0.3 is 15.4 Å². The van der Waals surface area contributed by atoms with Crippen LogP contribution < -0.4 is 10.6 Å². The molecule has 0 aromatic heterocycles. The van der Waals surface area contributed by atoms with Crippen molar-refractivity contribution in [3.05, 3.63) is 0 Å². The van der Waals surface area contributed by atoms with Crippen LogP contribution in [0.1, 0.15) is 40.0 Å². The fourth-order valence-corrected chi connectivity index (χ4v) is 3.08. The number of guanidine groups is 1. The lowest BCUT2D eigenvalue weighted by Crippen LogP contribution is -2.65. The Labute approximate surface area is 140 Å². The zero-order valence-corrected chi connectivity index (χ0v) is 15.4. The molecule has 4 nitrogen and oxygen atoms in total. The third kappa shape index (κ3) is 4.01. The van der Waals surface area contributed by atoms with Gasteiger partial charge in [-0.2, -0.15) is 0 Å². The van der Waals surface area contributed by atoms with Crippen molar-refractivity contribution in [2.45, 2.75) is 52.2 Å². The van der Waals surface area contributed by atoms with Crippen LogP contribution in [-0.2, 0) is 4.74 Å². The van der Waals surface area contributed by atoms with Gasteiger partial charge in [-0.15, -0.1) is 30.4 Å². The van der Waals surface area contributed by atoms with E-state index in [1.165, 1.54) is 0 Å². The minimum atomic E-state index is 0. The Morgan fingerprint density at radius 1 is 1.40 bits per heavy atom. The van der Waals surface area contributed by atoms with Gasteiger partial charge in [0.05, 0.1) is 12.6 Å². The fourth-order valence-electron chi connectivity index (χ4n) is 3.08. The van der Waals surface area contributed by atoms with Crippen molar-refractivity contribution < 1.29 is 4.74 Å². The molecule has 0 bridgehead atoms. The van der Waals surface area contributed by atoms with Gasteiger partial charge in [-0.3, -0.25) is 4.99 Å². The molecule has 0 aromatic rings. The number of hydrogen-bond acceptors (Lipinski definition) is 2. The van der Waals surface area contributed by atoms with E-state index in [4.69, 9.17) is 11.2 Å². The van der Waals surface area contributed by atoms with Gasteiger partial charge in [0.25, 0.3) is 0 Å². The molecule has 2 N–H and O–H groups in total. The highest BCUT2D eigenvalue weighted by Gasteiger charge is 2.53. The first-order valence-electron chi connectivity index (χ1n) is 7.20. The molecule has 0 heterocycles. The second-order valence-corrected chi connectivity index (χ2v) is 4.95. The van der Waals surface area contributed by atoms with E-state index in [0.29, 0.717) is 18.7 Å². The van der Waals surface area contributed by atoms with E-state index >= 15 is 0 Å². The zero-order chi connectivity index (χ0) is 14.3. The summed E-state index contributed by atoms with van der Waals surface area (Å²) in [6, 6.07) is 0.406. The molecule has 1 rings (SSSR count). The van der Waals surface area contributed by atoms with Crippen LogP contribution in [0.3, 0.4) is 0 Å². The van der Waals surface area contributed by atoms with E-state index in [-0.39, 0.29) is 29.4 Å². The van der Waals surface area contributed by atoms with Crippen LogP contribution in [0.25, 0.3) is 0 Å². The molecule has 1 aliphatic rings. The van der Waals surface area contributed by atoms with Gasteiger partial charge in [-0.1, -0.05) is 19.8 Å². The third-order valence-electron chi connectivity index (χ3n) is 4.36. The molecule has 0 amide bonds. The Balaban J connectivity index is 0.00000361. The normalized spacial score (nSPS) is 24.1. The van der Waals surface area contributed by atoms with Crippen LogP contribution in [0.15, 0.2) is 4.99 Å². The van der Waals surface area contributed by atoms with E-state index in [1.807, 2.05) is 0 Å². The maximum atomic E-state index is 5.87. The maximum Gasteiger partial charge on any atom is 0.191 e. The molecule has 0 spiro atoms. The Bertz CT molecular complexity index is 348. The summed E-state index contributed by atoms with van der Waals surface area (Å²) < 4.78 is 5.87. The lowest BCUT2D eigenvalue weighted by atomic mass is 9.58. The molecule has 116 valence electrons. The quantitative estimate of drug-likeness (QED) is 0.315. The lowest BCUT2D eigenvalue weighted by Gasteiger charge is -2.55. The van der Waals surface area contributed by atoms with E-state index in [9.17, 15) is 0 Å². The standard InChI is InChI=1S/C15H27N3O.HI/c1-6-10-17-14(16-5)18-12-11-13(19-9-4)15(12,7-2)8-3;/h1,12-13H,7-11H2,2-5H3,(H2,16,17,18);1H. The van der Waals surface area contributed by atoms with Gasteiger partial charge in [-0.25, -0.2) is 0 Å². The molecule has 1 saturated carbocycles. The Morgan fingerprint density at radius 3 is 2.50 bits per heavy atom. The van der Waals surface area contributed by atoms with Gasteiger partial charge in [0.1, 0.15) is 0 Å². The molecule has 5 heteroatoms. The summed E-state index contributed by atoms with van der Waals surface area (Å²) in [4.78, 5) is 4.21. The van der Waals surface area contributed by atoms with E-state index in [2.05, 4.69) is 42.3 Å². The summed E-state index contributed by atoms with van der Waals surface area (Å²) in [7, 11) is 1.77.